The van der Waals surface area contributed by atoms with Crippen molar-refractivity contribution in [3.05, 3.63) is 0 Å². The number of aliphatic carboxylic acids is 1. The van der Waals surface area contributed by atoms with Gasteiger partial charge in [-0.2, -0.15) is 5.26 Å². The molecule has 0 atom stereocenters. The number of carboxylic acid groups (broad SMARTS) is 1. The zero-order valence-electron chi connectivity index (χ0n) is 10.3. The average molecular weight is 236 g/mol. The molecule has 96 valence electrons. The van der Waals surface area contributed by atoms with E-state index in [2.05, 4.69) is 4.89 Å². The monoisotopic (exact) mass is 236 g/mol. The van der Waals surface area contributed by atoms with Crippen LogP contribution in [0.15, 0.2) is 0 Å². The third kappa shape index (κ3) is 7.19. The van der Waals surface area contributed by atoms with Gasteiger partial charge in [-0.05, 0) is 34.6 Å². The number of aliphatic hydroxyl groups is 1. The van der Waals surface area contributed by atoms with E-state index in [1.165, 1.54) is 13.8 Å². The van der Waals surface area contributed by atoms with Crippen LogP contribution in [0, 0.1) is 10.8 Å². The lowest BCUT2D eigenvalue weighted by Crippen LogP contribution is -2.27. The number of hydrogen-bond donors (Lipinski definition) is 3. The van der Waals surface area contributed by atoms with E-state index in [9.17, 15) is 9.59 Å². The molecule has 0 unspecified atom stereocenters. The van der Waals surface area contributed by atoms with Gasteiger partial charge in [0, 0.05) is 0 Å². The van der Waals surface area contributed by atoms with Gasteiger partial charge in [0.05, 0.1) is 17.4 Å². The lowest BCUT2D eigenvalue weighted by atomic mass is 9.96. The van der Waals surface area contributed by atoms with Crippen molar-refractivity contribution in [2.45, 2.75) is 34.6 Å². The van der Waals surface area contributed by atoms with Crippen LogP contribution >= 0.6 is 0 Å². The smallest absolute Gasteiger partial charge is 0.347 e. The molecule has 0 amide bonds. The standard InChI is InChI=1S/2C5H10O3/c1-5(2,3)4(6)8-7;1-5(2,3-6)4(7)8/h7H,1-3H3;6H,3H2,1-2H3,(H,7,8). The summed E-state index contributed by atoms with van der Waals surface area (Å²) in [6.07, 6.45) is 0. The van der Waals surface area contributed by atoms with Crippen molar-refractivity contribution in [2.75, 3.05) is 6.61 Å². The lowest BCUT2D eigenvalue weighted by molar-refractivity contribution is -0.243. The molecule has 3 N–H and O–H groups in total. The zero-order valence-corrected chi connectivity index (χ0v) is 10.3. The Morgan fingerprint density at radius 3 is 1.50 bits per heavy atom. The van der Waals surface area contributed by atoms with Gasteiger partial charge < -0.3 is 15.1 Å². The fourth-order valence-corrected chi connectivity index (χ4v) is 0.205. The number of carbonyl (C=O) groups is 2. The molecule has 0 saturated carbocycles. The predicted molar refractivity (Wildman–Crippen MR) is 56.7 cm³/mol. The van der Waals surface area contributed by atoms with E-state index in [1.807, 2.05) is 0 Å². The maximum Gasteiger partial charge on any atom is 0.347 e. The molecule has 0 aliphatic heterocycles. The quantitative estimate of drug-likeness (QED) is 0.490. The van der Waals surface area contributed by atoms with Gasteiger partial charge in [0.1, 0.15) is 0 Å². The van der Waals surface area contributed by atoms with Crippen molar-refractivity contribution in [3.63, 3.8) is 0 Å². The summed E-state index contributed by atoms with van der Waals surface area (Å²) in [5, 5.41) is 24.5. The molecule has 0 aliphatic rings. The van der Waals surface area contributed by atoms with Gasteiger partial charge in [-0.1, -0.05) is 0 Å². The van der Waals surface area contributed by atoms with Crippen LogP contribution in [-0.2, 0) is 14.5 Å². The fourth-order valence-electron chi connectivity index (χ4n) is 0.205. The Morgan fingerprint density at radius 2 is 1.50 bits per heavy atom. The van der Waals surface area contributed by atoms with E-state index in [1.54, 1.807) is 20.8 Å². The molecule has 6 heteroatoms. The fraction of sp³-hybridized carbons (Fsp3) is 0.800. The molecule has 0 aromatic rings. The summed E-state index contributed by atoms with van der Waals surface area (Å²) in [5.41, 5.74) is -1.59. The number of aliphatic hydroxyl groups excluding tert-OH is 1. The Morgan fingerprint density at radius 1 is 1.12 bits per heavy atom. The number of carboxylic acids is 1. The second kappa shape index (κ2) is 6.44. The van der Waals surface area contributed by atoms with Crippen molar-refractivity contribution in [2.24, 2.45) is 10.8 Å². The minimum Gasteiger partial charge on any atom is -0.481 e. The Hall–Kier alpha value is -1.14. The summed E-state index contributed by atoms with van der Waals surface area (Å²) < 4.78 is 0. The van der Waals surface area contributed by atoms with Crippen LogP contribution in [0.2, 0.25) is 0 Å². The van der Waals surface area contributed by atoms with Gasteiger partial charge >= 0.3 is 11.9 Å². The topological polar surface area (TPSA) is 104 Å². The second-order valence-electron chi connectivity index (χ2n) is 4.98. The SMILES string of the molecule is CC(C)(C)C(=O)OO.CC(C)(CO)C(=O)O. The predicted octanol–water partition coefficient (Wildman–Crippen LogP) is 1.14. The van der Waals surface area contributed by atoms with Gasteiger partial charge in [0.2, 0.25) is 0 Å². The van der Waals surface area contributed by atoms with E-state index in [0.29, 0.717) is 0 Å². The highest BCUT2D eigenvalue weighted by Crippen LogP contribution is 2.13. The first kappa shape index (κ1) is 17.3. The molecule has 16 heavy (non-hydrogen) atoms. The van der Waals surface area contributed by atoms with E-state index in [4.69, 9.17) is 15.5 Å². The van der Waals surface area contributed by atoms with E-state index < -0.39 is 22.8 Å². The van der Waals surface area contributed by atoms with Gasteiger partial charge in [0.25, 0.3) is 0 Å². The minimum absolute atomic E-state index is 0.317. The molecule has 6 nitrogen and oxygen atoms in total. The minimum atomic E-state index is -0.986. The molecule has 0 rings (SSSR count). The van der Waals surface area contributed by atoms with Crippen LogP contribution in [-0.4, -0.2) is 34.0 Å². The highest BCUT2D eigenvalue weighted by atomic mass is 17.1. The Kier molecular flexibility index (Phi) is 6.95. The molecule has 0 aromatic heterocycles. The largest absolute Gasteiger partial charge is 0.481 e. The van der Waals surface area contributed by atoms with Gasteiger partial charge in [-0.3, -0.25) is 4.79 Å². The molecule has 0 aromatic carbocycles. The molecule has 0 aliphatic carbocycles. The molecular formula is C10H20O6. The van der Waals surface area contributed by atoms with Crippen molar-refractivity contribution in [1.82, 2.24) is 0 Å². The van der Waals surface area contributed by atoms with Gasteiger partial charge in [-0.25, -0.2) is 4.79 Å². The van der Waals surface area contributed by atoms with E-state index in [0.717, 1.165) is 0 Å². The first-order valence-corrected chi connectivity index (χ1v) is 4.69. The normalized spacial score (nSPS) is 11.2. The zero-order chi connectivity index (χ0) is 13.6. The van der Waals surface area contributed by atoms with Crippen molar-refractivity contribution in [1.29, 1.82) is 0 Å². The first-order chi connectivity index (χ1) is 6.99. The van der Waals surface area contributed by atoms with Gasteiger partial charge in [-0.15, -0.1) is 0 Å². The summed E-state index contributed by atoms with van der Waals surface area (Å²) in [4.78, 5) is 23.9. The summed E-state index contributed by atoms with van der Waals surface area (Å²) in [6.45, 7) is 7.59. The second-order valence-corrected chi connectivity index (χ2v) is 4.98. The molecule has 0 heterocycles. The Bertz CT molecular complexity index is 238. The summed E-state index contributed by atoms with van der Waals surface area (Å²) in [7, 11) is 0. The third-order valence-electron chi connectivity index (χ3n) is 1.67. The molecule has 0 fully saturated rings. The van der Waals surface area contributed by atoms with Crippen LogP contribution in [0.1, 0.15) is 34.6 Å². The van der Waals surface area contributed by atoms with E-state index >= 15 is 0 Å². The molecule has 0 bridgehead atoms. The van der Waals surface area contributed by atoms with Crippen molar-refractivity contribution < 1.29 is 29.9 Å². The highest BCUT2D eigenvalue weighted by Gasteiger charge is 2.25. The Labute approximate surface area is 94.8 Å². The number of carbonyl (C=O) groups excluding carboxylic acids is 1. The van der Waals surface area contributed by atoms with Gasteiger partial charge in [0.15, 0.2) is 0 Å². The maximum absolute atomic E-state index is 10.4. The number of rotatable bonds is 2. The van der Waals surface area contributed by atoms with Crippen molar-refractivity contribution >= 4 is 11.9 Å². The maximum atomic E-state index is 10.4. The summed E-state index contributed by atoms with van der Waals surface area (Å²) >= 11 is 0. The summed E-state index contributed by atoms with van der Waals surface area (Å²) in [5.74, 6) is -1.59. The van der Waals surface area contributed by atoms with E-state index in [-0.39, 0.29) is 6.61 Å². The molecule has 0 radical (unpaired) electrons. The molecule has 0 saturated heterocycles. The number of hydrogen-bond acceptors (Lipinski definition) is 5. The van der Waals surface area contributed by atoms with Crippen molar-refractivity contribution in [3.8, 4) is 0 Å². The molecule has 0 spiro atoms. The lowest BCUT2D eigenvalue weighted by Gasteiger charge is -2.13. The van der Waals surface area contributed by atoms with Crippen LogP contribution in [0.5, 0.6) is 0 Å². The summed E-state index contributed by atoms with van der Waals surface area (Å²) in [6, 6.07) is 0. The third-order valence-corrected chi connectivity index (χ3v) is 1.67. The Balaban J connectivity index is 0. The molecular weight excluding hydrogens is 216 g/mol. The van der Waals surface area contributed by atoms with Crippen LogP contribution in [0.4, 0.5) is 0 Å². The van der Waals surface area contributed by atoms with Crippen LogP contribution in [0.3, 0.4) is 0 Å². The van der Waals surface area contributed by atoms with Crippen LogP contribution < -0.4 is 0 Å². The highest BCUT2D eigenvalue weighted by molar-refractivity contribution is 5.74. The first-order valence-electron chi connectivity index (χ1n) is 4.69. The average Bonchev–Trinajstić information content (AvgIpc) is 2.15. The van der Waals surface area contributed by atoms with Crippen LogP contribution in [0.25, 0.3) is 0 Å².